The Morgan fingerprint density at radius 3 is 2.63 bits per heavy atom. The smallest absolute Gasteiger partial charge is 0.223 e. The van der Waals surface area contributed by atoms with Crippen molar-refractivity contribution in [1.29, 1.82) is 0 Å². The Kier molecular flexibility index (Phi) is 7.26. The predicted octanol–water partition coefficient (Wildman–Crippen LogP) is 1.99. The average molecular weight is 306 g/mol. The lowest BCUT2D eigenvalue weighted by Crippen LogP contribution is -2.11. The summed E-state index contributed by atoms with van der Waals surface area (Å²) >= 11 is 0. The number of aromatic hydroxyl groups is 1. The van der Waals surface area contributed by atoms with Gasteiger partial charge in [-0.2, -0.15) is 0 Å². The van der Waals surface area contributed by atoms with E-state index in [1.54, 1.807) is 25.6 Å². The third-order valence-corrected chi connectivity index (χ3v) is 2.79. The lowest BCUT2D eigenvalue weighted by molar-refractivity contribution is 0.449. The molecule has 0 aliphatic heterocycles. The molecule has 1 N–H and O–H groups in total. The molecule has 0 radical (unpaired) electrons. The van der Waals surface area contributed by atoms with Crippen LogP contribution in [0.4, 0.5) is 0 Å². The molecule has 0 aromatic carbocycles. The van der Waals surface area contributed by atoms with Crippen molar-refractivity contribution < 1.29 is 5.11 Å². The molecular formula is C12H17Cl2N3O2. The van der Waals surface area contributed by atoms with Crippen molar-refractivity contribution in [3.8, 4) is 5.75 Å². The standard InChI is InChI=1S/C12H15N3O2.2ClH/c1-10-12(17)11(16)3-7-15(10)6-2-5-14-8-4-13-9-14;;/h3-4,7-9,17H,2,5-6H2,1H3;2*1H. The monoisotopic (exact) mass is 305 g/mol. The van der Waals surface area contributed by atoms with E-state index in [0.717, 1.165) is 19.5 Å². The van der Waals surface area contributed by atoms with E-state index in [1.807, 2.05) is 15.3 Å². The van der Waals surface area contributed by atoms with Gasteiger partial charge in [0, 0.05) is 37.7 Å². The van der Waals surface area contributed by atoms with E-state index in [2.05, 4.69) is 4.98 Å². The summed E-state index contributed by atoms with van der Waals surface area (Å²) in [7, 11) is 0. The molecule has 0 fully saturated rings. The van der Waals surface area contributed by atoms with E-state index in [0.29, 0.717) is 5.69 Å². The molecule has 0 amide bonds. The summed E-state index contributed by atoms with van der Waals surface area (Å²) in [6.07, 6.45) is 8.06. The van der Waals surface area contributed by atoms with E-state index >= 15 is 0 Å². The Morgan fingerprint density at radius 2 is 2.00 bits per heavy atom. The maximum atomic E-state index is 11.2. The Labute approximate surface area is 123 Å². The fourth-order valence-corrected chi connectivity index (χ4v) is 1.75. The fourth-order valence-electron chi connectivity index (χ4n) is 1.75. The summed E-state index contributed by atoms with van der Waals surface area (Å²) in [6, 6.07) is 1.39. The third kappa shape index (κ3) is 4.29. The van der Waals surface area contributed by atoms with Crippen molar-refractivity contribution in [2.75, 3.05) is 0 Å². The topological polar surface area (TPSA) is 60.0 Å². The molecule has 0 aliphatic carbocycles. The van der Waals surface area contributed by atoms with Crippen LogP contribution in [0, 0.1) is 6.92 Å². The maximum Gasteiger partial charge on any atom is 0.223 e. The summed E-state index contributed by atoms with van der Waals surface area (Å²) in [6.45, 7) is 3.37. The van der Waals surface area contributed by atoms with Crippen molar-refractivity contribution in [3.05, 3.63) is 46.9 Å². The van der Waals surface area contributed by atoms with Crippen molar-refractivity contribution in [1.82, 2.24) is 14.1 Å². The van der Waals surface area contributed by atoms with Gasteiger partial charge in [0.15, 0.2) is 5.75 Å². The zero-order chi connectivity index (χ0) is 12.3. The van der Waals surface area contributed by atoms with Crippen LogP contribution in [0.3, 0.4) is 0 Å². The molecule has 2 aromatic rings. The number of aromatic nitrogens is 3. The van der Waals surface area contributed by atoms with Crippen molar-refractivity contribution >= 4 is 24.8 Å². The highest BCUT2D eigenvalue weighted by Gasteiger charge is 2.04. The Morgan fingerprint density at radius 1 is 1.26 bits per heavy atom. The highest BCUT2D eigenvalue weighted by molar-refractivity contribution is 5.85. The van der Waals surface area contributed by atoms with Gasteiger partial charge in [0.05, 0.1) is 12.0 Å². The number of imidazole rings is 1. The van der Waals surface area contributed by atoms with E-state index in [4.69, 9.17) is 0 Å². The molecular weight excluding hydrogens is 289 g/mol. The van der Waals surface area contributed by atoms with Gasteiger partial charge in [0.1, 0.15) is 0 Å². The molecule has 2 aromatic heterocycles. The summed E-state index contributed by atoms with van der Waals surface area (Å²) in [5.74, 6) is -0.157. The minimum absolute atomic E-state index is 0. The van der Waals surface area contributed by atoms with Crippen LogP contribution in [0.5, 0.6) is 5.75 Å². The molecule has 2 rings (SSSR count). The number of nitrogens with zero attached hydrogens (tertiary/aromatic N) is 3. The highest BCUT2D eigenvalue weighted by atomic mass is 35.5. The van der Waals surface area contributed by atoms with Gasteiger partial charge in [-0.3, -0.25) is 4.79 Å². The normalized spacial score (nSPS) is 9.53. The van der Waals surface area contributed by atoms with E-state index in [-0.39, 0.29) is 36.0 Å². The summed E-state index contributed by atoms with van der Waals surface area (Å²) in [5.41, 5.74) is 0.288. The van der Waals surface area contributed by atoms with Crippen LogP contribution < -0.4 is 5.43 Å². The van der Waals surface area contributed by atoms with E-state index < -0.39 is 0 Å². The largest absolute Gasteiger partial charge is 0.503 e. The lowest BCUT2D eigenvalue weighted by atomic mass is 10.3. The Balaban J connectivity index is 0.00000162. The van der Waals surface area contributed by atoms with Crippen molar-refractivity contribution in [2.45, 2.75) is 26.4 Å². The van der Waals surface area contributed by atoms with Gasteiger partial charge in [-0.1, -0.05) is 0 Å². The Bertz CT molecular complexity index is 553. The van der Waals surface area contributed by atoms with Crippen LogP contribution in [0.25, 0.3) is 0 Å². The average Bonchev–Trinajstić information content (AvgIpc) is 2.82. The van der Waals surface area contributed by atoms with Gasteiger partial charge in [-0.05, 0) is 13.3 Å². The molecule has 0 saturated heterocycles. The molecule has 106 valence electrons. The zero-order valence-corrected chi connectivity index (χ0v) is 12.2. The number of rotatable bonds is 4. The molecule has 0 bridgehead atoms. The maximum absolute atomic E-state index is 11.2. The van der Waals surface area contributed by atoms with E-state index in [1.165, 1.54) is 6.07 Å². The number of hydrogen-bond donors (Lipinski definition) is 1. The second-order valence-corrected chi connectivity index (χ2v) is 3.96. The SMILES string of the molecule is Cc1c(O)c(=O)ccn1CCCn1ccnc1.Cl.Cl. The molecule has 0 atom stereocenters. The minimum atomic E-state index is -0.326. The van der Waals surface area contributed by atoms with Gasteiger partial charge < -0.3 is 14.2 Å². The molecule has 0 spiro atoms. The van der Waals surface area contributed by atoms with Crippen LogP contribution >= 0.6 is 24.8 Å². The summed E-state index contributed by atoms with van der Waals surface area (Å²) in [4.78, 5) is 15.1. The van der Waals surface area contributed by atoms with Crippen LogP contribution in [0.2, 0.25) is 0 Å². The van der Waals surface area contributed by atoms with Gasteiger partial charge >= 0.3 is 0 Å². The van der Waals surface area contributed by atoms with Crippen LogP contribution in [-0.2, 0) is 13.1 Å². The summed E-state index contributed by atoms with van der Waals surface area (Å²) in [5, 5.41) is 9.52. The lowest BCUT2D eigenvalue weighted by Gasteiger charge is -2.11. The van der Waals surface area contributed by atoms with Crippen LogP contribution in [0.15, 0.2) is 35.8 Å². The molecule has 7 heteroatoms. The minimum Gasteiger partial charge on any atom is -0.503 e. The molecule has 2 heterocycles. The third-order valence-electron chi connectivity index (χ3n) is 2.79. The molecule has 0 aliphatic rings. The first-order valence-electron chi connectivity index (χ1n) is 5.53. The Hall–Kier alpha value is -1.46. The van der Waals surface area contributed by atoms with Crippen molar-refractivity contribution in [2.24, 2.45) is 0 Å². The van der Waals surface area contributed by atoms with Crippen LogP contribution in [0.1, 0.15) is 12.1 Å². The van der Waals surface area contributed by atoms with Crippen LogP contribution in [-0.4, -0.2) is 19.2 Å². The highest BCUT2D eigenvalue weighted by Crippen LogP contribution is 2.09. The molecule has 0 saturated carbocycles. The fraction of sp³-hybridized carbons (Fsp3) is 0.333. The van der Waals surface area contributed by atoms with Crippen molar-refractivity contribution in [3.63, 3.8) is 0 Å². The van der Waals surface area contributed by atoms with Gasteiger partial charge in [0.25, 0.3) is 0 Å². The second kappa shape index (κ2) is 7.86. The zero-order valence-electron chi connectivity index (χ0n) is 10.5. The first kappa shape index (κ1) is 17.5. The van der Waals surface area contributed by atoms with Gasteiger partial charge in [-0.15, -0.1) is 24.8 Å². The molecule has 0 unspecified atom stereocenters. The molecule has 19 heavy (non-hydrogen) atoms. The van der Waals surface area contributed by atoms with Gasteiger partial charge in [-0.25, -0.2) is 4.98 Å². The number of aryl methyl sites for hydroxylation is 2. The first-order chi connectivity index (χ1) is 8.18. The second-order valence-electron chi connectivity index (χ2n) is 3.96. The van der Waals surface area contributed by atoms with Gasteiger partial charge in [0.2, 0.25) is 5.43 Å². The summed E-state index contributed by atoms with van der Waals surface area (Å²) < 4.78 is 3.88. The first-order valence-corrected chi connectivity index (χ1v) is 5.53. The predicted molar refractivity (Wildman–Crippen MR) is 78.4 cm³/mol. The number of halogens is 2. The number of pyridine rings is 1. The number of hydrogen-bond acceptors (Lipinski definition) is 3. The quantitative estimate of drug-likeness (QED) is 0.940. The van der Waals surface area contributed by atoms with E-state index in [9.17, 15) is 9.90 Å². The molecule has 5 nitrogen and oxygen atoms in total.